The highest BCUT2D eigenvalue weighted by Gasteiger charge is 2.23. The van der Waals surface area contributed by atoms with Crippen LogP contribution in [0.15, 0.2) is 12.3 Å². The van der Waals surface area contributed by atoms with E-state index in [4.69, 9.17) is 10.7 Å². The van der Waals surface area contributed by atoms with Crippen LogP contribution in [0, 0.1) is 6.92 Å². The molecule has 2 aromatic heterocycles. The van der Waals surface area contributed by atoms with Gasteiger partial charge in [-0.3, -0.25) is 4.79 Å². The smallest absolute Gasteiger partial charge is 0.221 e. The van der Waals surface area contributed by atoms with Gasteiger partial charge in [-0.05, 0) is 18.6 Å². The van der Waals surface area contributed by atoms with Crippen molar-refractivity contribution in [1.82, 2.24) is 19.9 Å². The van der Waals surface area contributed by atoms with Gasteiger partial charge in [-0.15, -0.1) is 0 Å². The largest absolute Gasteiger partial charge is 0.355 e. The molecule has 0 aliphatic heterocycles. The predicted molar refractivity (Wildman–Crippen MR) is 87.6 cm³/mol. The van der Waals surface area contributed by atoms with Gasteiger partial charge >= 0.3 is 0 Å². The standard InChI is InChI=1S/C16H25N5O/c1-11-9-12-14(19-10-11)21(15(20-12)16(2,3)4)8-5-13(22)18-7-6-17/h9-10H,5-8,17H2,1-4H3,(H,18,22). The van der Waals surface area contributed by atoms with Crippen molar-refractivity contribution in [2.24, 2.45) is 5.73 Å². The number of carbonyl (C=O) groups is 1. The first-order chi connectivity index (χ1) is 10.3. The number of rotatable bonds is 5. The lowest BCUT2D eigenvalue weighted by Crippen LogP contribution is -2.30. The van der Waals surface area contributed by atoms with Crippen LogP contribution in [0.1, 0.15) is 38.6 Å². The molecule has 120 valence electrons. The highest BCUT2D eigenvalue weighted by Crippen LogP contribution is 2.26. The molecule has 22 heavy (non-hydrogen) atoms. The Morgan fingerprint density at radius 3 is 2.77 bits per heavy atom. The molecular weight excluding hydrogens is 278 g/mol. The number of fused-ring (bicyclic) bond motifs is 1. The molecule has 2 heterocycles. The lowest BCUT2D eigenvalue weighted by molar-refractivity contribution is -0.121. The fourth-order valence-corrected chi connectivity index (χ4v) is 2.41. The zero-order chi connectivity index (χ0) is 16.3. The molecule has 0 saturated heterocycles. The summed E-state index contributed by atoms with van der Waals surface area (Å²) in [4.78, 5) is 21.1. The van der Waals surface area contributed by atoms with Gasteiger partial charge in [-0.25, -0.2) is 9.97 Å². The lowest BCUT2D eigenvalue weighted by Gasteiger charge is -2.19. The molecule has 0 aliphatic rings. The van der Waals surface area contributed by atoms with Crippen molar-refractivity contribution in [3.8, 4) is 0 Å². The van der Waals surface area contributed by atoms with Gasteiger partial charge in [0.05, 0.1) is 0 Å². The average molecular weight is 303 g/mol. The van der Waals surface area contributed by atoms with Crippen LogP contribution in [0.4, 0.5) is 0 Å². The van der Waals surface area contributed by atoms with E-state index in [-0.39, 0.29) is 11.3 Å². The van der Waals surface area contributed by atoms with Gasteiger partial charge in [0, 0.05) is 37.7 Å². The molecule has 0 aliphatic carbocycles. The molecule has 0 aromatic carbocycles. The second-order valence-corrected chi connectivity index (χ2v) is 6.58. The van der Waals surface area contributed by atoms with Crippen LogP contribution in [-0.2, 0) is 16.8 Å². The number of nitrogens with one attached hydrogen (secondary N) is 1. The SMILES string of the molecule is Cc1cnc2c(c1)nc(C(C)(C)C)n2CCC(=O)NCCN. The van der Waals surface area contributed by atoms with Crippen molar-refractivity contribution in [2.75, 3.05) is 13.1 Å². The number of pyridine rings is 1. The van der Waals surface area contributed by atoms with Gasteiger partial charge in [0.1, 0.15) is 11.3 Å². The van der Waals surface area contributed by atoms with Gasteiger partial charge in [-0.1, -0.05) is 20.8 Å². The number of carbonyl (C=O) groups excluding carboxylic acids is 1. The Balaban J connectivity index is 2.31. The quantitative estimate of drug-likeness (QED) is 0.876. The van der Waals surface area contributed by atoms with E-state index in [9.17, 15) is 4.79 Å². The summed E-state index contributed by atoms with van der Waals surface area (Å²) in [6.45, 7) is 9.88. The normalized spacial score (nSPS) is 11.9. The molecule has 2 rings (SSSR count). The maximum Gasteiger partial charge on any atom is 0.221 e. The van der Waals surface area contributed by atoms with E-state index in [0.29, 0.717) is 26.1 Å². The van der Waals surface area contributed by atoms with Crippen molar-refractivity contribution in [3.63, 3.8) is 0 Å². The number of amides is 1. The Labute approximate surface area is 131 Å². The van der Waals surface area contributed by atoms with Crippen LogP contribution in [-0.4, -0.2) is 33.5 Å². The molecule has 0 bridgehead atoms. The first-order valence-electron chi connectivity index (χ1n) is 7.63. The topological polar surface area (TPSA) is 85.8 Å². The second-order valence-electron chi connectivity index (χ2n) is 6.58. The Kier molecular flexibility index (Phi) is 4.81. The molecular formula is C16H25N5O. The fraction of sp³-hybridized carbons (Fsp3) is 0.562. The first kappa shape index (κ1) is 16.4. The highest BCUT2D eigenvalue weighted by molar-refractivity contribution is 5.76. The Hall–Kier alpha value is -1.95. The summed E-state index contributed by atoms with van der Waals surface area (Å²) in [5, 5.41) is 2.79. The maximum atomic E-state index is 11.8. The zero-order valence-electron chi connectivity index (χ0n) is 13.8. The summed E-state index contributed by atoms with van der Waals surface area (Å²) in [5.41, 5.74) is 8.09. The molecule has 3 N–H and O–H groups in total. The van der Waals surface area contributed by atoms with Crippen molar-refractivity contribution in [1.29, 1.82) is 0 Å². The van der Waals surface area contributed by atoms with Crippen LogP contribution >= 0.6 is 0 Å². The average Bonchev–Trinajstić information content (AvgIpc) is 2.80. The molecule has 0 unspecified atom stereocenters. The van der Waals surface area contributed by atoms with E-state index < -0.39 is 0 Å². The van der Waals surface area contributed by atoms with E-state index in [1.54, 1.807) is 0 Å². The van der Waals surface area contributed by atoms with Crippen LogP contribution in [0.3, 0.4) is 0 Å². The molecule has 6 nitrogen and oxygen atoms in total. The van der Waals surface area contributed by atoms with Crippen molar-refractivity contribution in [3.05, 3.63) is 23.7 Å². The first-order valence-corrected chi connectivity index (χ1v) is 7.63. The van der Waals surface area contributed by atoms with E-state index >= 15 is 0 Å². The number of aryl methyl sites for hydroxylation is 2. The van der Waals surface area contributed by atoms with Crippen molar-refractivity contribution >= 4 is 17.1 Å². The van der Waals surface area contributed by atoms with Crippen LogP contribution < -0.4 is 11.1 Å². The van der Waals surface area contributed by atoms with E-state index in [1.807, 2.05) is 19.2 Å². The summed E-state index contributed by atoms with van der Waals surface area (Å²) >= 11 is 0. The van der Waals surface area contributed by atoms with Crippen molar-refractivity contribution < 1.29 is 4.79 Å². The highest BCUT2D eigenvalue weighted by atomic mass is 16.1. The van der Waals surface area contributed by atoms with Gasteiger partial charge in [0.2, 0.25) is 5.91 Å². The summed E-state index contributed by atoms with van der Waals surface area (Å²) in [5.74, 6) is 0.950. The Morgan fingerprint density at radius 1 is 1.41 bits per heavy atom. The third kappa shape index (κ3) is 3.62. The van der Waals surface area contributed by atoms with Gasteiger partial charge in [-0.2, -0.15) is 0 Å². The van der Waals surface area contributed by atoms with Crippen LogP contribution in [0.25, 0.3) is 11.2 Å². The second kappa shape index (κ2) is 6.44. The number of nitrogens with two attached hydrogens (primary N) is 1. The molecule has 0 radical (unpaired) electrons. The van der Waals surface area contributed by atoms with Gasteiger partial charge in [0.25, 0.3) is 0 Å². The lowest BCUT2D eigenvalue weighted by atomic mass is 9.95. The Morgan fingerprint density at radius 2 is 2.14 bits per heavy atom. The monoisotopic (exact) mass is 303 g/mol. The maximum absolute atomic E-state index is 11.8. The van der Waals surface area contributed by atoms with E-state index in [0.717, 1.165) is 22.6 Å². The third-order valence-electron chi connectivity index (χ3n) is 3.42. The Bertz CT molecular complexity index is 669. The molecule has 0 spiro atoms. The number of aromatic nitrogens is 3. The van der Waals surface area contributed by atoms with Crippen LogP contribution in [0.5, 0.6) is 0 Å². The van der Waals surface area contributed by atoms with E-state index in [2.05, 4.69) is 35.6 Å². The number of hydrogen-bond donors (Lipinski definition) is 2. The molecule has 0 atom stereocenters. The number of nitrogens with zero attached hydrogens (tertiary/aromatic N) is 3. The number of hydrogen-bond acceptors (Lipinski definition) is 4. The molecule has 0 saturated carbocycles. The molecule has 0 fully saturated rings. The molecule has 6 heteroatoms. The van der Waals surface area contributed by atoms with Crippen molar-refractivity contribution in [2.45, 2.75) is 46.1 Å². The zero-order valence-corrected chi connectivity index (χ0v) is 13.8. The summed E-state index contributed by atoms with van der Waals surface area (Å²) in [7, 11) is 0. The molecule has 1 amide bonds. The summed E-state index contributed by atoms with van der Waals surface area (Å²) in [6.07, 6.45) is 2.23. The summed E-state index contributed by atoms with van der Waals surface area (Å²) in [6, 6.07) is 2.03. The van der Waals surface area contributed by atoms with Crippen LogP contribution in [0.2, 0.25) is 0 Å². The minimum atomic E-state index is -0.109. The minimum absolute atomic E-state index is 0.000675. The number of imidazole rings is 1. The van der Waals surface area contributed by atoms with E-state index in [1.165, 1.54) is 0 Å². The predicted octanol–water partition coefficient (Wildman–Crippen LogP) is 1.50. The molecule has 2 aromatic rings. The van der Waals surface area contributed by atoms with Gasteiger partial charge < -0.3 is 15.6 Å². The third-order valence-corrected chi connectivity index (χ3v) is 3.42. The minimum Gasteiger partial charge on any atom is -0.355 e. The fourth-order valence-electron chi connectivity index (χ4n) is 2.41. The summed E-state index contributed by atoms with van der Waals surface area (Å²) < 4.78 is 2.05. The van der Waals surface area contributed by atoms with Gasteiger partial charge in [0.15, 0.2) is 5.65 Å².